The van der Waals surface area contributed by atoms with Gasteiger partial charge in [0.05, 0.1) is 7.11 Å². The van der Waals surface area contributed by atoms with Gasteiger partial charge in [-0.15, -0.1) is 0 Å². The fourth-order valence-corrected chi connectivity index (χ4v) is 2.62. The molecule has 0 fully saturated rings. The van der Waals surface area contributed by atoms with Crippen LogP contribution in [0.2, 0.25) is 0 Å². The minimum Gasteiger partial charge on any atom is -0.497 e. The third kappa shape index (κ3) is 10.1. The number of nitrogens with zero attached hydrogens (tertiary/aromatic N) is 2. The SMILES string of the molecule is COc1ccc(C(=O)CCCC(=O)N(CCN(C)C)CC(=O)OC(C)(C)C)cc1. The fourth-order valence-electron chi connectivity index (χ4n) is 2.62. The molecule has 0 aromatic heterocycles. The van der Waals surface area contributed by atoms with Gasteiger partial charge in [-0.05, 0) is 65.6 Å². The van der Waals surface area contributed by atoms with Crippen LogP contribution >= 0.6 is 0 Å². The van der Waals surface area contributed by atoms with Crippen LogP contribution in [0.4, 0.5) is 0 Å². The Bertz CT molecular complexity index is 677. The molecule has 0 radical (unpaired) electrons. The van der Waals surface area contributed by atoms with Gasteiger partial charge in [-0.1, -0.05) is 0 Å². The van der Waals surface area contributed by atoms with Crippen LogP contribution in [0.5, 0.6) is 5.75 Å². The number of hydrogen-bond donors (Lipinski definition) is 0. The number of likely N-dealkylation sites (N-methyl/N-ethyl adjacent to an activating group) is 1. The average molecular weight is 407 g/mol. The molecular formula is C22H34N2O5. The van der Waals surface area contributed by atoms with E-state index in [1.54, 1.807) is 52.1 Å². The van der Waals surface area contributed by atoms with E-state index in [9.17, 15) is 14.4 Å². The van der Waals surface area contributed by atoms with Crippen molar-refractivity contribution in [2.75, 3.05) is 40.8 Å². The highest BCUT2D eigenvalue weighted by Crippen LogP contribution is 2.14. The molecule has 1 rings (SSSR count). The van der Waals surface area contributed by atoms with Crippen molar-refractivity contribution in [2.45, 2.75) is 45.6 Å². The van der Waals surface area contributed by atoms with E-state index in [1.165, 1.54) is 4.90 Å². The first-order valence-corrected chi connectivity index (χ1v) is 9.83. The van der Waals surface area contributed by atoms with Gasteiger partial charge in [0.1, 0.15) is 17.9 Å². The van der Waals surface area contributed by atoms with E-state index in [1.807, 2.05) is 19.0 Å². The summed E-state index contributed by atoms with van der Waals surface area (Å²) in [6, 6.07) is 6.91. The zero-order valence-corrected chi connectivity index (χ0v) is 18.5. The van der Waals surface area contributed by atoms with Gasteiger partial charge in [0.15, 0.2) is 5.78 Å². The second-order valence-electron chi connectivity index (χ2n) is 8.21. The van der Waals surface area contributed by atoms with Gasteiger partial charge >= 0.3 is 5.97 Å². The predicted molar refractivity (Wildman–Crippen MR) is 112 cm³/mol. The van der Waals surface area contributed by atoms with Crippen molar-refractivity contribution in [3.8, 4) is 5.75 Å². The van der Waals surface area contributed by atoms with Gasteiger partial charge < -0.3 is 19.3 Å². The summed E-state index contributed by atoms with van der Waals surface area (Å²) in [5.41, 5.74) is -0.00512. The maximum absolute atomic E-state index is 12.6. The van der Waals surface area contributed by atoms with Crippen LogP contribution in [-0.2, 0) is 14.3 Å². The predicted octanol–water partition coefficient (Wildman–Crippen LogP) is 2.78. The lowest BCUT2D eigenvalue weighted by atomic mass is 10.1. The van der Waals surface area contributed by atoms with E-state index in [0.717, 1.165) is 0 Å². The molecule has 0 aliphatic heterocycles. The van der Waals surface area contributed by atoms with E-state index >= 15 is 0 Å². The number of rotatable bonds is 11. The monoisotopic (exact) mass is 406 g/mol. The van der Waals surface area contributed by atoms with E-state index in [4.69, 9.17) is 9.47 Å². The number of hydrogen-bond acceptors (Lipinski definition) is 6. The molecule has 1 amide bonds. The number of esters is 1. The molecule has 0 unspecified atom stereocenters. The van der Waals surface area contributed by atoms with Crippen LogP contribution in [0.15, 0.2) is 24.3 Å². The van der Waals surface area contributed by atoms with Crippen LogP contribution in [0.25, 0.3) is 0 Å². The highest BCUT2D eigenvalue weighted by atomic mass is 16.6. The Morgan fingerprint density at radius 3 is 2.10 bits per heavy atom. The molecule has 0 atom stereocenters. The highest BCUT2D eigenvalue weighted by molar-refractivity contribution is 5.96. The van der Waals surface area contributed by atoms with Gasteiger partial charge in [-0.2, -0.15) is 0 Å². The minimum atomic E-state index is -0.599. The third-order valence-corrected chi connectivity index (χ3v) is 4.12. The molecule has 0 spiro atoms. The summed E-state index contributed by atoms with van der Waals surface area (Å²) in [7, 11) is 5.38. The average Bonchev–Trinajstić information content (AvgIpc) is 2.63. The smallest absolute Gasteiger partial charge is 0.326 e. The summed E-state index contributed by atoms with van der Waals surface area (Å²) < 4.78 is 10.4. The fraction of sp³-hybridized carbons (Fsp3) is 0.591. The van der Waals surface area contributed by atoms with Crippen LogP contribution < -0.4 is 4.74 Å². The largest absolute Gasteiger partial charge is 0.497 e. The normalized spacial score (nSPS) is 11.3. The van der Waals surface area contributed by atoms with E-state index in [-0.39, 0.29) is 31.1 Å². The second kappa shape index (κ2) is 11.6. The van der Waals surface area contributed by atoms with Gasteiger partial charge in [0.2, 0.25) is 5.91 Å². The summed E-state index contributed by atoms with van der Waals surface area (Å²) >= 11 is 0. The number of benzene rings is 1. The zero-order valence-electron chi connectivity index (χ0n) is 18.5. The molecule has 0 N–H and O–H groups in total. The Hall–Kier alpha value is -2.41. The topological polar surface area (TPSA) is 76.2 Å². The van der Waals surface area contributed by atoms with Gasteiger partial charge in [-0.3, -0.25) is 14.4 Å². The molecule has 29 heavy (non-hydrogen) atoms. The summed E-state index contributed by atoms with van der Waals surface area (Å²) in [5.74, 6) is 0.0852. The highest BCUT2D eigenvalue weighted by Gasteiger charge is 2.22. The van der Waals surface area contributed by atoms with E-state index in [0.29, 0.717) is 30.8 Å². The Morgan fingerprint density at radius 1 is 0.966 bits per heavy atom. The number of ether oxygens (including phenoxy) is 2. The van der Waals surface area contributed by atoms with Crippen molar-refractivity contribution >= 4 is 17.7 Å². The first-order chi connectivity index (χ1) is 13.5. The zero-order chi connectivity index (χ0) is 22.0. The summed E-state index contributed by atoms with van der Waals surface area (Å²) in [5, 5.41) is 0. The Kier molecular flexibility index (Phi) is 9.81. The molecular weight excluding hydrogens is 372 g/mol. The number of Topliss-reactive ketones (excluding diaryl/α,β-unsaturated/α-hetero) is 1. The number of amides is 1. The summed E-state index contributed by atoms with van der Waals surface area (Å²) in [6.45, 7) is 6.36. The first kappa shape index (κ1) is 24.6. The maximum Gasteiger partial charge on any atom is 0.326 e. The van der Waals surface area contributed by atoms with Crippen molar-refractivity contribution in [1.82, 2.24) is 9.80 Å². The Morgan fingerprint density at radius 2 is 1.59 bits per heavy atom. The lowest BCUT2D eigenvalue weighted by molar-refractivity contribution is -0.159. The van der Waals surface area contributed by atoms with Crippen molar-refractivity contribution in [3.05, 3.63) is 29.8 Å². The van der Waals surface area contributed by atoms with E-state index < -0.39 is 11.6 Å². The van der Waals surface area contributed by atoms with Crippen molar-refractivity contribution in [2.24, 2.45) is 0 Å². The Labute approximate surface area is 174 Å². The minimum absolute atomic E-state index is 0.0209. The molecule has 0 aliphatic carbocycles. The third-order valence-electron chi connectivity index (χ3n) is 4.12. The molecule has 7 heteroatoms. The van der Waals surface area contributed by atoms with Crippen LogP contribution in [-0.4, -0.2) is 73.9 Å². The number of carbonyl (C=O) groups is 3. The Balaban J connectivity index is 2.58. The molecule has 0 saturated carbocycles. The van der Waals surface area contributed by atoms with Crippen LogP contribution in [0, 0.1) is 0 Å². The maximum atomic E-state index is 12.6. The molecule has 1 aromatic rings. The molecule has 0 saturated heterocycles. The molecule has 1 aromatic carbocycles. The van der Waals surface area contributed by atoms with E-state index in [2.05, 4.69) is 0 Å². The standard InChI is InChI=1S/C22H34N2O5/c1-22(2,3)29-21(27)16-24(15-14-23(4)5)20(26)9-7-8-19(25)17-10-12-18(28-6)13-11-17/h10-13H,7-9,14-16H2,1-6H3. The molecule has 0 heterocycles. The summed E-state index contributed by atoms with van der Waals surface area (Å²) in [4.78, 5) is 40.5. The van der Waals surface area contributed by atoms with Gasteiger partial charge in [-0.25, -0.2) is 0 Å². The van der Waals surface area contributed by atoms with Crippen molar-refractivity contribution in [3.63, 3.8) is 0 Å². The lowest BCUT2D eigenvalue weighted by Gasteiger charge is -2.26. The molecule has 0 bridgehead atoms. The summed E-state index contributed by atoms with van der Waals surface area (Å²) in [6.07, 6.45) is 0.903. The lowest BCUT2D eigenvalue weighted by Crippen LogP contribution is -2.42. The van der Waals surface area contributed by atoms with Gasteiger partial charge in [0, 0.05) is 31.5 Å². The van der Waals surface area contributed by atoms with Gasteiger partial charge in [0.25, 0.3) is 0 Å². The number of ketones is 1. The van der Waals surface area contributed by atoms with Crippen LogP contribution in [0.3, 0.4) is 0 Å². The van der Waals surface area contributed by atoms with Crippen molar-refractivity contribution in [1.29, 1.82) is 0 Å². The molecule has 162 valence electrons. The van der Waals surface area contributed by atoms with Crippen LogP contribution in [0.1, 0.15) is 50.4 Å². The molecule has 0 aliphatic rings. The van der Waals surface area contributed by atoms with Crippen molar-refractivity contribution < 1.29 is 23.9 Å². The molecule has 7 nitrogen and oxygen atoms in total. The first-order valence-electron chi connectivity index (χ1n) is 9.83. The second-order valence-corrected chi connectivity index (χ2v) is 8.21. The quantitative estimate of drug-likeness (QED) is 0.415. The number of carbonyl (C=O) groups excluding carboxylic acids is 3. The number of methoxy groups -OCH3 is 1.